The van der Waals surface area contributed by atoms with Crippen LogP contribution in [-0.4, -0.2) is 29.5 Å². The van der Waals surface area contributed by atoms with Gasteiger partial charge < -0.3 is 9.30 Å². The van der Waals surface area contributed by atoms with E-state index in [2.05, 4.69) is 5.32 Å². The van der Waals surface area contributed by atoms with E-state index < -0.39 is 17.8 Å². The Labute approximate surface area is 187 Å². The molecule has 0 saturated carbocycles. The molecule has 7 nitrogen and oxygen atoms in total. The largest absolute Gasteiger partial charge is 0.497 e. The second-order valence-corrected chi connectivity index (χ2v) is 7.40. The topological polar surface area (TPSA) is 80.6 Å². The van der Waals surface area contributed by atoms with Crippen LogP contribution in [0.4, 0.5) is 10.5 Å². The molecule has 1 fully saturated rings. The van der Waals surface area contributed by atoms with E-state index in [0.717, 1.165) is 10.6 Å². The summed E-state index contributed by atoms with van der Waals surface area (Å²) in [4.78, 5) is 38.8. The lowest BCUT2D eigenvalue weighted by molar-refractivity contribution is -0.122. The van der Waals surface area contributed by atoms with Crippen molar-refractivity contribution in [3.05, 3.63) is 82.1 Å². The molecule has 0 spiro atoms. The lowest BCUT2D eigenvalue weighted by atomic mass is 10.1. The number of anilines is 1. The maximum atomic E-state index is 13.1. The van der Waals surface area contributed by atoms with Gasteiger partial charge in [-0.15, -0.1) is 0 Å². The molecular formula is C22H15Cl2N3O4. The zero-order valence-electron chi connectivity index (χ0n) is 16.1. The number of amides is 4. The number of barbiturate groups is 1. The van der Waals surface area contributed by atoms with Crippen LogP contribution in [0.5, 0.6) is 5.75 Å². The fourth-order valence-corrected chi connectivity index (χ4v) is 3.67. The van der Waals surface area contributed by atoms with Crippen LogP contribution in [0.25, 0.3) is 11.8 Å². The summed E-state index contributed by atoms with van der Waals surface area (Å²) >= 11 is 12.1. The van der Waals surface area contributed by atoms with Gasteiger partial charge in [0, 0.05) is 22.6 Å². The van der Waals surface area contributed by atoms with Gasteiger partial charge >= 0.3 is 6.03 Å². The third-order valence-electron chi connectivity index (χ3n) is 4.68. The number of nitrogens with one attached hydrogen (secondary N) is 1. The van der Waals surface area contributed by atoms with Crippen molar-refractivity contribution in [2.45, 2.75) is 0 Å². The molecule has 3 aromatic rings. The van der Waals surface area contributed by atoms with Gasteiger partial charge in [-0.2, -0.15) is 0 Å². The first-order valence-corrected chi connectivity index (χ1v) is 9.83. The zero-order valence-corrected chi connectivity index (χ0v) is 17.6. The van der Waals surface area contributed by atoms with Crippen molar-refractivity contribution >= 4 is 52.8 Å². The molecule has 0 radical (unpaired) electrons. The summed E-state index contributed by atoms with van der Waals surface area (Å²) in [5.74, 6) is -0.883. The zero-order chi connectivity index (χ0) is 22.1. The average molecular weight is 456 g/mol. The average Bonchev–Trinajstić information content (AvgIpc) is 3.21. The standard InChI is InChI=1S/C22H15Cl2N3O4/c1-31-16-7-5-14(6-8-16)26-10-2-3-15(26)12-17-20(28)25-22(30)27(21(17)29)19-9-4-13(23)11-18(19)24/h2-12H,1H3,(H,25,28,30). The number of carbonyl (C=O) groups is 3. The van der Waals surface area contributed by atoms with Crippen LogP contribution < -0.4 is 15.0 Å². The molecule has 1 aliphatic heterocycles. The van der Waals surface area contributed by atoms with Gasteiger partial charge in [0.2, 0.25) is 0 Å². The van der Waals surface area contributed by atoms with Gasteiger partial charge in [0.15, 0.2) is 0 Å². The van der Waals surface area contributed by atoms with Crippen LogP contribution in [-0.2, 0) is 9.59 Å². The van der Waals surface area contributed by atoms with Crippen molar-refractivity contribution in [1.82, 2.24) is 9.88 Å². The lowest BCUT2D eigenvalue weighted by Crippen LogP contribution is -2.54. The number of aromatic nitrogens is 1. The molecular weight excluding hydrogens is 441 g/mol. The first-order chi connectivity index (χ1) is 14.9. The van der Waals surface area contributed by atoms with E-state index in [1.165, 1.54) is 24.3 Å². The Morgan fingerprint density at radius 3 is 2.42 bits per heavy atom. The summed E-state index contributed by atoms with van der Waals surface area (Å²) in [6.45, 7) is 0. The van der Waals surface area contributed by atoms with Gasteiger partial charge in [0.1, 0.15) is 11.3 Å². The number of nitrogens with zero attached hydrogens (tertiary/aromatic N) is 2. The Hall–Kier alpha value is -3.55. The molecule has 0 atom stereocenters. The maximum absolute atomic E-state index is 13.1. The van der Waals surface area contributed by atoms with Crippen LogP contribution in [0.2, 0.25) is 10.0 Å². The Morgan fingerprint density at radius 1 is 1.00 bits per heavy atom. The first-order valence-electron chi connectivity index (χ1n) is 9.07. The van der Waals surface area contributed by atoms with Crippen molar-refractivity contribution < 1.29 is 19.1 Å². The first kappa shape index (κ1) is 20.7. The van der Waals surface area contributed by atoms with Crippen LogP contribution in [0.15, 0.2) is 66.4 Å². The Morgan fingerprint density at radius 2 is 1.74 bits per heavy atom. The van der Waals surface area contributed by atoms with E-state index >= 15 is 0 Å². The fraction of sp³-hybridized carbons (Fsp3) is 0.0455. The molecule has 31 heavy (non-hydrogen) atoms. The summed E-state index contributed by atoms with van der Waals surface area (Å²) in [5, 5.41) is 2.63. The number of ether oxygens (including phenoxy) is 1. The summed E-state index contributed by atoms with van der Waals surface area (Å²) in [6.07, 6.45) is 3.21. The summed E-state index contributed by atoms with van der Waals surface area (Å²) in [6, 6.07) is 14.3. The van der Waals surface area contributed by atoms with Crippen molar-refractivity contribution in [1.29, 1.82) is 0 Å². The quantitative estimate of drug-likeness (QED) is 0.465. The number of rotatable bonds is 4. The van der Waals surface area contributed by atoms with Gasteiger partial charge in [-0.05, 0) is 60.7 Å². The normalized spacial score (nSPS) is 15.4. The monoisotopic (exact) mass is 455 g/mol. The van der Waals surface area contributed by atoms with Crippen LogP contribution in [0.3, 0.4) is 0 Å². The number of hydrogen-bond acceptors (Lipinski definition) is 4. The number of hydrogen-bond donors (Lipinski definition) is 1. The summed E-state index contributed by atoms with van der Waals surface area (Å²) in [7, 11) is 1.58. The van der Waals surface area contributed by atoms with Crippen molar-refractivity contribution in [3.63, 3.8) is 0 Å². The molecule has 1 saturated heterocycles. The van der Waals surface area contributed by atoms with Gasteiger partial charge in [0.05, 0.1) is 17.8 Å². The van der Waals surface area contributed by atoms with E-state index in [1.807, 2.05) is 12.1 Å². The van der Waals surface area contributed by atoms with Gasteiger partial charge in [0.25, 0.3) is 11.8 Å². The summed E-state index contributed by atoms with van der Waals surface area (Å²) in [5.41, 5.74) is 1.28. The van der Waals surface area contributed by atoms with Crippen molar-refractivity contribution in [2.24, 2.45) is 0 Å². The number of methoxy groups -OCH3 is 1. The molecule has 0 bridgehead atoms. The Kier molecular flexibility index (Phi) is 5.54. The van der Waals surface area contributed by atoms with Gasteiger partial charge in [-0.25, -0.2) is 9.69 Å². The number of carbonyl (C=O) groups excluding carboxylic acids is 3. The SMILES string of the molecule is COc1ccc(-n2cccc2C=C2C(=O)NC(=O)N(c3ccc(Cl)cc3Cl)C2=O)cc1. The minimum atomic E-state index is -0.887. The van der Waals surface area contributed by atoms with Crippen molar-refractivity contribution in [3.8, 4) is 11.4 Å². The van der Waals surface area contributed by atoms with Crippen LogP contribution >= 0.6 is 23.2 Å². The predicted octanol–water partition coefficient (Wildman–Crippen LogP) is 4.46. The van der Waals surface area contributed by atoms with Gasteiger partial charge in [-0.3, -0.25) is 14.9 Å². The molecule has 1 aromatic heterocycles. The minimum Gasteiger partial charge on any atom is -0.497 e. The number of urea groups is 1. The highest BCUT2D eigenvalue weighted by molar-refractivity contribution is 6.42. The molecule has 156 valence electrons. The van der Waals surface area contributed by atoms with E-state index in [4.69, 9.17) is 27.9 Å². The highest BCUT2D eigenvalue weighted by Crippen LogP contribution is 2.31. The van der Waals surface area contributed by atoms with Crippen LogP contribution in [0, 0.1) is 0 Å². The molecule has 2 aromatic carbocycles. The smallest absolute Gasteiger partial charge is 0.335 e. The van der Waals surface area contributed by atoms with E-state index in [-0.39, 0.29) is 16.3 Å². The minimum absolute atomic E-state index is 0.103. The number of benzene rings is 2. The third-order valence-corrected chi connectivity index (χ3v) is 5.21. The number of imide groups is 2. The second-order valence-electron chi connectivity index (χ2n) is 6.55. The Balaban J connectivity index is 1.74. The molecule has 2 heterocycles. The van der Waals surface area contributed by atoms with Gasteiger partial charge in [-0.1, -0.05) is 23.2 Å². The molecule has 0 aliphatic carbocycles. The molecule has 0 unspecified atom stereocenters. The second kappa shape index (κ2) is 8.29. The highest BCUT2D eigenvalue weighted by atomic mass is 35.5. The highest BCUT2D eigenvalue weighted by Gasteiger charge is 2.37. The van der Waals surface area contributed by atoms with E-state index in [0.29, 0.717) is 16.5 Å². The Bertz CT molecular complexity index is 1230. The maximum Gasteiger partial charge on any atom is 0.335 e. The van der Waals surface area contributed by atoms with Crippen molar-refractivity contribution in [2.75, 3.05) is 12.0 Å². The lowest BCUT2D eigenvalue weighted by Gasteiger charge is -2.27. The number of halogens is 2. The molecule has 4 amide bonds. The molecule has 9 heteroatoms. The fourth-order valence-electron chi connectivity index (χ4n) is 3.18. The predicted molar refractivity (Wildman–Crippen MR) is 118 cm³/mol. The van der Waals surface area contributed by atoms with E-state index in [1.54, 1.807) is 42.1 Å². The molecule has 4 rings (SSSR count). The van der Waals surface area contributed by atoms with E-state index in [9.17, 15) is 14.4 Å². The molecule has 1 N–H and O–H groups in total. The van der Waals surface area contributed by atoms with Crippen LogP contribution in [0.1, 0.15) is 5.69 Å². The summed E-state index contributed by atoms with van der Waals surface area (Å²) < 4.78 is 6.97. The molecule has 1 aliphatic rings. The third kappa shape index (κ3) is 3.93.